The number of carboxylic acid groups (broad SMARTS) is 1. The lowest BCUT2D eigenvalue weighted by molar-refractivity contribution is -0.161. The van der Waals surface area contributed by atoms with Crippen molar-refractivity contribution in [1.82, 2.24) is 0 Å². The van der Waals surface area contributed by atoms with E-state index in [9.17, 15) is 23.8 Å². The molecule has 0 heterocycles. The number of carbonyl (C=O) groups excluding carboxylic acids is 2. The fourth-order valence-corrected chi connectivity index (χ4v) is 7.32. The number of rotatable bonds is 43. The first-order valence-electron chi connectivity index (χ1n) is 22.6. The maximum Gasteiger partial charge on any atom is 0.472 e. The lowest BCUT2D eigenvalue weighted by Crippen LogP contribution is -2.34. The number of ether oxygens (including phenoxy) is 2. The first kappa shape index (κ1) is 53.5. The minimum absolute atomic E-state index is 0.169. The van der Waals surface area contributed by atoms with Crippen molar-refractivity contribution >= 4 is 25.7 Å². The van der Waals surface area contributed by atoms with Gasteiger partial charge in [0.05, 0.1) is 13.2 Å². The number of phosphoric ester groups is 1. The van der Waals surface area contributed by atoms with Gasteiger partial charge in [0.1, 0.15) is 12.6 Å². The van der Waals surface area contributed by atoms with Gasteiger partial charge in [-0.2, -0.15) is 0 Å². The summed E-state index contributed by atoms with van der Waals surface area (Å²) >= 11 is 0. The van der Waals surface area contributed by atoms with E-state index in [1.165, 1.54) is 148 Å². The highest BCUT2D eigenvalue weighted by molar-refractivity contribution is 7.47. The molecule has 0 fully saturated rings. The molecule has 0 aliphatic rings. The number of hydrogen-bond acceptors (Lipinski definition) is 9. The topological polar surface area (TPSA) is 172 Å². The Morgan fingerprint density at radius 2 is 0.800 bits per heavy atom. The molecule has 0 aromatic heterocycles. The molecule has 3 unspecified atom stereocenters. The second kappa shape index (κ2) is 39.3. The van der Waals surface area contributed by atoms with Crippen LogP contribution < -0.4 is 5.73 Å². The fourth-order valence-electron chi connectivity index (χ4n) is 6.54. The molecule has 0 rings (SSSR count). The average molecular weight is 806 g/mol. The average Bonchev–Trinajstić information content (AvgIpc) is 3.16. The summed E-state index contributed by atoms with van der Waals surface area (Å²) in [5.74, 6) is -2.36. The van der Waals surface area contributed by atoms with Gasteiger partial charge in [-0.15, -0.1) is 0 Å². The van der Waals surface area contributed by atoms with E-state index >= 15 is 0 Å². The molecule has 12 heteroatoms. The molecule has 326 valence electrons. The third-order valence-corrected chi connectivity index (χ3v) is 11.1. The van der Waals surface area contributed by atoms with Gasteiger partial charge >= 0.3 is 25.7 Å². The van der Waals surface area contributed by atoms with Gasteiger partial charge in [0, 0.05) is 12.8 Å². The molecule has 0 aliphatic carbocycles. The fraction of sp³-hybridized carbons (Fsp3) is 0.930. The molecular weight excluding hydrogens is 721 g/mol. The highest BCUT2D eigenvalue weighted by Crippen LogP contribution is 2.43. The summed E-state index contributed by atoms with van der Waals surface area (Å²) in [5, 5.41) is 8.89. The Morgan fingerprint density at radius 1 is 0.491 bits per heavy atom. The smallest absolute Gasteiger partial charge is 0.472 e. The lowest BCUT2D eigenvalue weighted by atomic mass is 10.0. The Hall–Kier alpha value is -1.52. The van der Waals surface area contributed by atoms with Gasteiger partial charge in [-0.3, -0.25) is 23.4 Å². The Bertz CT molecular complexity index is 952. The van der Waals surface area contributed by atoms with Gasteiger partial charge in [-0.05, 0) is 12.8 Å². The molecule has 0 bridgehead atoms. The summed E-state index contributed by atoms with van der Waals surface area (Å²) in [5.41, 5.74) is 5.34. The summed E-state index contributed by atoms with van der Waals surface area (Å²) < 4.78 is 32.7. The molecule has 0 aromatic carbocycles. The number of unbranched alkanes of at least 4 members (excludes halogenated alkanes) is 29. The van der Waals surface area contributed by atoms with Crippen molar-refractivity contribution in [3.05, 3.63) is 0 Å². The number of phosphoric acid groups is 1. The summed E-state index contributed by atoms with van der Waals surface area (Å²) in [4.78, 5) is 46.0. The van der Waals surface area contributed by atoms with Gasteiger partial charge < -0.3 is 25.2 Å². The van der Waals surface area contributed by atoms with Crippen LogP contribution in [0, 0.1) is 0 Å². The molecule has 3 atom stereocenters. The van der Waals surface area contributed by atoms with Crippen LogP contribution in [-0.2, 0) is 37.5 Å². The number of hydrogen-bond donors (Lipinski definition) is 3. The van der Waals surface area contributed by atoms with Gasteiger partial charge in [0.25, 0.3) is 0 Å². The Labute approximate surface area is 335 Å². The molecule has 0 spiro atoms. The van der Waals surface area contributed by atoms with E-state index in [1.807, 2.05) is 0 Å². The number of carboxylic acids is 1. The van der Waals surface area contributed by atoms with Crippen molar-refractivity contribution in [2.24, 2.45) is 5.73 Å². The van der Waals surface area contributed by atoms with Crippen LogP contribution in [0.4, 0.5) is 0 Å². The summed E-state index contributed by atoms with van der Waals surface area (Å²) in [6.07, 6.45) is 37.3. The highest BCUT2D eigenvalue weighted by Gasteiger charge is 2.28. The van der Waals surface area contributed by atoms with Crippen LogP contribution >= 0.6 is 7.82 Å². The van der Waals surface area contributed by atoms with Crippen molar-refractivity contribution in [2.45, 2.75) is 238 Å². The van der Waals surface area contributed by atoms with Crippen molar-refractivity contribution in [2.75, 3.05) is 19.8 Å². The van der Waals surface area contributed by atoms with Crippen molar-refractivity contribution in [3.8, 4) is 0 Å². The Morgan fingerprint density at radius 3 is 1.15 bits per heavy atom. The molecule has 55 heavy (non-hydrogen) atoms. The first-order valence-corrected chi connectivity index (χ1v) is 24.1. The summed E-state index contributed by atoms with van der Waals surface area (Å²) in [6, 6.07) is -1.52. The van der Waals surface area contributed by atoms with Crippen LogP contribution in [0.25, 0.3) is 0 Å². The minimum Gasteiger partial charge on any atom is -0.480 e. The van der Waals surface area contributed by atoms with Crippen LogP contribution in [0.2, 0.25) is 0 Å². The van der Waals surface area contributed by atoms with E-state index < -0.39 is 51.1 Å². The van der Waals surface area contributed by atoms with E-state index in [0.717, 1.165) is 38.5 Å². The molecule has 4 N–H and O–H groups in total. The van der Waals surface area contributed by atoms with E-state index in [1.54, 1.807) is 0 Å². The van der Waals surface area contributed by atoms with Crippen LogP contribution in [0.3, 0.4) is 0 Å². The zero-order chi connectivity index (χ0) is 40.7. The van der Waals surface area contributed by atoms with Crippen molar-refractivity contribution in [3.63, 3.8) is 0 Å². The van der Waals surface area contributed by atoms with Gasteiger partial charge in [0.2, 0.25) is 0 Å². The van der Waals surface area contributed by atoms with Crippen LogP contribution in [0.15, 0.2) is 0 Å². The predicted molar refractivity (Wildman–Crippen MR) is 222 cm³/mol. The second-order valence-corrected chi connectivity index (χ2v) is 17.0. The normalized spacial score (nSPS) is 13.7. The van der Waals surface area contributed by atoms with Crippen molar-refractivity contribution in [1.29, 1.82) is 0 Å². The van der Waals surface area contributed by atoms with E-state index in [2.05, 4.69) is 18.4 Å². The van der Waals surface area contributed by atoms with Gasteiger partial charge in [0.15, 0.2) is 6.10 Å². The number of carbonyl (C=O) groups is 3. The van der Waals surface area contributed by atoms with Crippen LogP contribution in [-0.4, -0.2) is 59.9 Å². The maximum atomic E-state index is 12.6. The third-order valence-electron chi connectivity index (χ3n) is 10.1. The predicted octanol–water partition coefficient (Wildman–Crippen LogP) is 11.9. The summed E-state index contributed by atoms with van der Waals surface area (Å²) in [7, 11) is -4.71. The largest absolute Gasteiger partial charge is 0.480 e. The molecular formula is C43H84NO10P. The third kappa shape index (κ3) is 39.1. The Kier molecular flexibility index (Phi) is 38.2. The maximum absolute atomic E-state index is 12.6. The van der Waals surface area contributed by atoms with Gasteiger partial charge in [-0.25, -0.2) is 4.57 Å². The zero-order valence-corrected chi connectivity index (χ0v) is 36.2. The molecule has 0 saturated carbocycles. The van der Waals surface area contributed by atoms with E-state index in [4.69, 9.17) is 24.8 Å². The highest BCUT2D eigenvalue weighted by atomic mass is 31.2. The molecule has 0 radical (unpaired) electrons. The van der Waals surface area contributed by atoms with Gasteiger partial charge in [-0.1, -0.05) is 200 Å². The van der Waals surface area contributed by atoms with E-state index in [-0.39, 0.29) is 19.4 Å². The zero-order valence-electron chi connectivity index (χ0n) is 35.3. The molecule has 11 nitrogen and oxygen atoms in total. The molecule has 0 aliphatic heterocycles. The molecule has 0 saturated heterocycles. The van der Waals surface area contributed by atoms with Crippen LogP contribution in [0.1, 0.15) is 226 Å². The minimum atomic E-state index is -4.71. The molecule has 0 aromatic rings. The second-order valence-electron chi connectivity index (χ2n) is 15.6. The number of esters is 2. The monoisotopic (exact) mass is 806 g/mol. The van der Waals surface area contributed by atoms with Crippen LogP contribution in [0.5, 0.6) is 0 Å². The number of aliphatic carboxylic acids is 1. The Balaban J connectivity index is 4.29. The van der Waals surface area contributed by atoms with Crippen molar-refractivity contribution < 1.29 is 47.5 Å². The first-order chi connectivity index (χ1) is 26.6. The lowest BCUT2D eigenvalue weighted by Gasteiger charge is -2.20. The SMILES string of the molecule is CCCCCCCCCCCCCCCCCCCC(=O)OC(COC(=O)CCCCCCCCCCCCCCCC)COP(=O)(O)OCC(N)C(=O)O. The summed E-state index contributed by atoms with van der Waals surface area (Å²) in [6.45, 7) is 2.84. The quantitative estimate of drug-likeness (QED) is 0.0304. The molecule has 0 amide bonds. The van der Waals surface area contributed by atoms with E-state index in [0.29, 0.717) is 12.8 Å². The standard InChI is InChI=1S/C43H84NO10P/c1-3-5-7-9-11-13-15-17-19-20-21-23-25-27-29-31-33-35-42(46)54-39(37-52-55(49,50)53-38-40(44)43(47)48)36-51-41(45)34-32-30-28-26-24-22-18-16-14-12-10-8-6-4-2/h39-40H,3-38,44H2,1-2H3,(H,47,48)(H,49,50). The number of nitrogens with two attached hydrogens (primary N) is 1.